The summed E-state index contributed by atoms with van der Waals surface area (Å²) in [7, 11) is 0. The van der Waals surface area contributed by atoms with E-state index in [2.05, 4.69) is 10.3 Å². The first-order chi connectivity index (χ1) is 8.06. The molecule has 0 saturated carbocycles. The average molecular weight is 276 g/mol. The predicted molar refractivity (Wildman–Crippen MR) is 69.3 cm³/mol. The minimum atomic E-state index is -1.05. The molecule has 1 aliphatic rings. The van der Waals surface area contributed by atoms with Crippen LogP contribution < -0.4 is 34.9 Å². The third kappa shape index (κ3) is 3.88. The van der Waals surface area contributed by atoms with E-state index in [1.165, 1.54) is 0 Å². The molecule has 1 unspecified atom stereocenters. The molecule has 1 heterocycles. The van der Waals surface area contributed by atoms with Crippen LogP contribution >= 0.6 is 0 Å². The van der Waals surface area contributed by atoms with Crippen LogP contribution in [0.4, 0.5) is 0 Å². The van der Waals surface area contributed by atoms with Crippen molar-refractivity contribution in [3.05, 3.63) is 12.2 Å². The summed E-state index contributed by atoms with van der Waals surface area (Å²) >= 11 is 4.75. The van der Waals surface area contributed by atoms with E-state index in [4.69, 9.17) is 12.6 Å². The fourth-order valence-electron chi connectivity index (χ4n) is 1.84. The van der Waals surface area contributed by atoms with Crippen LogP contribution in [-0.4, -0.2) is 17.0 Å². The van der Waals surface area contributed by atoms with Crippen molar-refractivity contribution in [2.24, 2.45) is 10.4 Å². The molecule has 0 aliphatic carbocycles. The molecule has 0 aromatic rings. The van der Waals surface area contributed by atoms with Gasteiger partial charge in [0.05, 0.1) is 0 Å². The van der Waals surface area contributed by atoms with Crippen molar-refractivity contribution in [1.82, 2.24) is 5.32 Å². The number of aliphatic imine (C=N–C) groups is 1. The second-order valence-corrected chi connectivity index (χ2v) is 4.52. The number of allylic oxidation sites excluding steroid dienone is 2. The molecule has 1 N–H and O–H groups in total. The average Bonchev–Trinajstić information content (AvgIpc) is 2.27. The number of nitrogens with zero attached hydrogens (tertiary/aromatic N) is 1. The fourth-order valence-corrected chi connectivity index (χ4v) is 2.02. The summed E-state index contributed by atoms with van der Waals surface area (Å²) in [6, 6.07) is 0. The Labute approximate surface area is 135 Å². The quantitative estimate of drug-likeness (QED) is 0.294. The molecule has 4 nitrogen and oxygen atoms in total. The molecular weight excluding hydrogens is 259 g/mol. The third-order valence-corrected chi connectivity index (χ3v) is 3.12. The zero-order valence-electron chi connectivity index (χ0n) is 11.2. The smallest absolute Gasteiger partial charge is 0.742 e. The van der Waals surface area contributed by atoms with Crippen molar-refractivity contribution in [2.45, 2.75) is 39.5 Å². The molecule has 0 aromatic carbocycles. The molecule has 1 rings (SSSR count). The van der Waals surface area contributed by atoms with E-state index >= 15 is 0 Å². The van der Waals surface area contributed by atoms with Gasteiger partial charge in [0, 0.05) is 0 Å². The summed E-state index contributed by atoms with van der Waals surface area (Å²) in [6.45, 7) is 3.89. The molecule has 6 heteroatoms. The Morgan fingerprint density at radius 2 is 2.11 bits per heavy atom. The van der Waals surface area contributed by atoms with E-state index in [-0.39, 0.29) is 40.6 Å². The number of unbranched alkanes of at least 4 members (excludes halogenated alkanes) is 1. The Morgan fingerprint density at radius 3 is 2.61 bits per heavy atom. The summed E-state index contributed by atoms with van der Waals surface area (Å²) in [4.78, 5) is 27.8. The summed E-state index contributed by atoms with van der Waals surface area (Å²) < 4.78 is 0. The van der Waals surface area contributed by atoms with Gasteiger partial charge in [-0.15, -0.1) is 0 Å². The second kappa shape index (κ2) is 8.04. The topological polar surface area (TPSA) is 58.5 Å². The molecule has 1 aliphatic heterocycles. The number of carbonyl (C=O) groups excluding carboxylic acids is 2. The largest absolute Gasteiger partial charge is 1.00 e. The number of hydrogen-bond donors (Lipinski definition) is 1. The second-order valence-electron chi connectivity index (χ2n) is 4.14. The van der Waals surface area contributed by atoms with E-state index in [0.717, 1.165) is 12.8 Å². The summed E-state index contributed by atoms with van der Waals surface area (Å²) in [5.74, 6) is -0.716. The van der Waals surface area contributed by atoms with Crippen LogP contribution in [-0.2, 0) is 22.2 Å². The van der Waals surface area contributed by atoms with Gasteiger partial charge < -0.3 is 17.9 Å². The molecule has 0 spiro atoms. The van der Waals surface area contributed by atoms with Gasteiger partial charge in [0.25, 0.3) is 5.91 Å². The molecule has 0 fully saturated rings. The van der Waals surface area contributed by atoms with E-state index < -0.39 is 11.3 Å². The maximum absolute atomic E-state index is 12.0. The van der Waals surface area contributed by atoms with E-state index in [1.54, 1.807) is 0 Å². The van der Waals surface area contributed by atoms with Gasteiger partial charge in [0.1, 0.15) is 5.41 Å². The zero-order chi connectivity index (χ0) is 12.9. The Hall–Kier alpha value is -0.230. The molecule has 0 radical (unpaired) electrons. The number of amidine groups is 1. The fraction of sp³-hybridized carbons (Fsp3) is 0.583. The van der Waals surface area contributed by atoms with Gasteiger partial charge in [-0.2, -0.15) is 0 Å². The van der Waals surface area contributed by atoms with Crippen LogP contribution in [0.5, 0.6) is 0 Å². The first-order valence-corrected chi connectivity index (χ1v) is 6.20. The molecule has 0 saturated heterocycles. The molecule has 18 heavy (non-hydrogen) atoms. The van der Waals surface area contributed by atoms with Crippen LogP contribution in [0.1, 0.15) is 39.5 Å². The van der Waals surface area contributed by atoms with Crippen molar-refractivity contribution >= 4 is 29.6 Å². The molecule has 0 aromatic heterocycles. The maximum atomic E-state index is 12.0. The molecule has 2 amide bonds. The molecule has 1 atom stereocenters. The number of carbonyl (C=O) groups is 2. The van der Waals surface area contributed by atoms with Gasteiger partial charge in [-0.3, -0.25) is 9.59 Å². The Morgan fingerprint density at radius 1 is 1.44 bits per heavy atom. The van der Waals surface area contributed by atoms with Crippen LogP contribution in [0.2, 0.25) is 0 Å². The maximum Gasteiger partial charge on any atom is 1.00 e. The Bertz CT molecular complexity index is 382. The number of hydrogen-bond acceptors (Lipinski definition) is 3. The first kappa shape index (κ1) is 17.8. The van der Waals surface area contributed by atoms with Crippen molar-refractivity contribution in [3.8, 4) is 0 Å². The van der Waals surface area contributed by atoms with E-state index in [9.17, 15) is 9.59 Å². The van der Waals surface area contributed by atoms with Crippen LogP contribution in [0.25, 0.3) is 0 Å². The monoisotopic (exact) mass is 276 g/mol. The first-order valence-electron chi connectivity index (χ1n) is 5.79. The number of rotatable bonds is 5. The SMILES string of the molecule is C/C=C/CC1(CCCC)C(=O)N=C([S-])NC1=O.[Na+]. The van der Waals surface area contributed by atoms with Gasteiger partial charge in [-0.05, 0) is 24.9 Å². The summed E-state index contributed by atoms with van der Waals surface area (Å²) in [5.41, 5.74) is -1.05. The molecular formula is C12H17N2NaO2S. The standard InChI is InChI=1S/C12H18N2O2S.Na/c1-3-5-7-12(8-6-4-2)9(15)13-11(17)14-10(12)16;/h3,5H,4,6-8H2,1-2H3,(H2,13,14,15,16,17);/q;+1/p-1/b5-3+;. The van der Waals surface area contributed by atoms with Crippen molar-refractivity contribution < 1.29 is 39.1 Å². The Balaban J connectivity index is 0.00000289. The third-order valence-electron chi connectivity index (χ3n) is 2.93. The minimum absolute atomic E-state index is 0. The molecule has 94 valence electrons. The summed E-state index contributed by atoms with van der Waals surface area (Å²) in [5, 5.41) is 2.47. The van der Waals surface area contributed by atoms with Gasteiger partial charge in [0.15, 0.2) is 0 Å². The van der Waals surface area contributed by atoms with E-state index in [0.29, 0.717) is 12.8 Å². The molecule has 0 bridgehead atoms. The Kier molecular flexibility index (Phi) is 7.94. The normalized spacial score (nSPS) is 23.6. The van der Waals surface area contributed by atoms with E-state index in [1.807, 2.05) is 26.0 Å². The van der Waals surface area contributed by atoms with Crippen LogP contribution in [0.15, 0.2) is 17.1 Å². The van der Waals surface area contributed by atoms with Gasteiger partial charge >= 0.3 is 29.6 Å². The zero-order valence-corrected chi connectivity index (χ0v) is 14.0. The predicted octanol–water partition coefficient (Wildman–Crippen LogP) is -1.31. The minimum Gasteiger partial charge on any atom is -0.742 e. The van der Waals surface area contributed by atoms with Crippen molar-refractivity contribution in [1.29, 1.82) is 0 Å². The summed E-state index contributed by atoms with van der Waals surface area (Å²) in [6.07, 6.45) is 6.32. The van der Waals surface area contributed by atoms with Gasteiger partial charge in [-0.25, -0.2) is 4.99 Å². The number of amides is 2. The van der Waals surface area contributed by atoms with Crippen molar-refractivity contribution in [2.75, 3.05) is 0 Å². The van der Waals surface area contributed by atoms with Gasteiger partial charge in [-0.1, -0.05) is 31.9 Å². The van der Waals surface area contributed by atoms with Crippen LogP contribution in [0.3, 0.4) is 0 Å². The number of nitrogens with one attached hydrogen (secondary N) is 1. The van der Waals surface area contributed by atoms with Crippen molar-refractivity contribution in [3.63, 3.8) is 0 Å². The van der Waals surface area contributed by atoms with Crippen LogP contribution in [0, 0.1) is 5.41 Å². The van der Waals surface area contributed by atoms with Gasteiger partial charge in [0.2, 0.25) is 5.91 Å².